The van der Waals surface area contributed by atoms with Crippen molar-refractivity contribution in [3.63, 3.8) is 0 Å². The summed E-state index contributed by atoms with van der Waals surface area (Å²) in [4.78, 5) is 39.2. The largest absolute Gasteiger partial charge is 0.398 e. The molecule has 0 saturated heterocycles. The third-order valence-electron chi connectivity index (χ3n) is 5.06. The van der Waals surface area contributed by atoms with Crippen molar-refractivity contribution in [2.75, 3.05) is 5.73 Å². The first-order valence-electron chi connectivity index (χ1n) is 9.22. The number of nitrogen functional groups attached to an aromatic ring is 1. The van der Waals surface area contributed by atoms with E-state index in [9.17, 15) is 14.4 Å². The van der Waals surface area contributed by atoms with Gasteiger partial charge in [-0.25, -0.2) is 0 Å². The van der Waals surface area contributed by atoms with E-state index in [2.05, 4.69) is 19.2 Å². The van der Waals surface area contributed by atoms with Crippen LogP contribution in [0.1, 0.15) is 71.4 Å². The minimum atomic E-state index is -1.75. The number of fused-ring (bicyclic) bond motifs is 1. The Kier molecular flexibility index (Phi) is 4.87. The minimum Gasteiger partial charge on any atom is -0.398 e. The number of nitrogens with one attached hydrogen (secondary N) is 1. The van der Waals surface area contributed by atoms with Gasteiger partial charge >= 0.3 is 0 Å². The lowest BCUT2D eigenvalue weighted by atomic mass is 9.83. The summed E-state index contributed by atoms with van der Waals surface area (Å²) in [6, 6.07) is 12.1. The van der Waals surface area contributed by atoms with Crippen molar-refractivity contribution in [3.05, 3.63) is 64.7 Å². The number of carbonyl (C=O) groups excluding carboxylic acids is 3. The van der Waals surface area contributed by atoms with Crippen LogP contribution in [0.2, 0.25) is 0 Å². The van der Waals surface area contributed by atoms with Crippen molar-refractivity contribution < 1.29 is 14.4 Å². The Labute approximate surface area is 159 Å². The summed E-state index contributed by atoms with van der Waals surface area (Å²) in [7, 11) is 0. The number of anilines is 1. The predicted molar refractivity (Wildman–Crippen MR) is 105 cm³/mol. The van der Waals surface area contributed by atoms with Gasteiger partial charge in [0.05, 0.1) is 5.56 Å². The smallest absolute Gasteiger partial charge is 0.221 e. The van der Waals surface area contributed by atoms with Gasteiger partial charge in [0.15, 0.2) is 5.54 Å². The summed E-state index contributed by atoms with van der Waals surface area (Å²) in [5.74, 6) is -0.926. The maximum Gasteiger partial charge on any atom is 0.221 e. The highest BCUT2D eigenvalue weighted by Gasteiger charge is 2.56. The Bertz CT molecular complexity index is 916. The molecule has 0 fully saturated rings. The standard InChI is InChI=1S/C22H24N2O3/c1-4-6-18(25)24-22(15-11-9-14(10-12-15)13(2)3)20(26)16-7-5-8-17(23)19(16)21(22)27/h5,7-13H,4,6,23H2,1-3H3,(H,24,25). The van der Waals surface area contributed by atoms with E-state index in [0.717, 1.165) is 5.56 Å². The van der Waals surface area contributed by atoms with E-state index in [4.69, 9.17) is 5.73 Å². The van der Waals surface area contributed by atoms with Crippen LogP contribution >= 0.6 is 0 Å². The third kappa shape index (κ3) is 2.93. The molecule has 1 amide bonds. The number of hydrogen-bond donors (Lipinski definition) is 2. The van der Waals surface area contributed by atoms with Gasteiger partial charge in [-0.05, 0) is 29.5 Å². The molecule has 3 N–H and O–H groups in total. The first-order chi connectivity index (χ1) is 12.8. The fourth-order valence-corrected chi connectivity index (χ4v) is 3.57. The van der Waals surface area contributed by atoms with Crippen LogP contribution in [-0.4, -0.2) is 17.5 Å². The number of nitrogens with two attached hydrogens (primary N) is 1. The molecule has 0 radical (unpaired) electrons. The molecule has 5 heteroatoms. The lowest BCUT2D eigenvalue weighted by Crippen LogP contribution is -2.54. The normalized spacial score (nSPS) is 18.7. The summed E-state index contributed by atoms with van der Waals surface area (Å²) < 4.78 is 0. The van der Waals surface area contributed by atoms with E-state index in [1.807, 2.05) is 19.1 Å². The van der Waals surface area contributed by atoms with Gasteiger partial charge < -0.3 is 11.1 Å². The zero-order valence-corrected chi connectivity index (χ0v) is 15.8. The van der Waals surface area contributed by atoms with Crippen LogP contribution in [0.25, 0.3) is 0 Å². The fraction of sp³-hybridized carbons (Fsp3) is 0.318. The first kappa shape index (κ1) is 18.8. The molecular weight excluding hydrogens is 340 g/mol. The highest BCUT2D eigenvalue weighted by atomic mass is 16.2. The maximum atomic E-state index is 13.4. The number of carbonyl (C=O) groups is 3. The Morgan fingerprint density at radius 2 is 1.74 bits per heavy atom. The van der Waals surface area contributed by atoms with E-state index < -0.39 is 17.1 Å². The second kappa shape index (κ2) is 6.99. The minimum absolute atomic E-state index is 0.187. The number of amides is 1. The highest BCUT2D eigenvalue weighted by Crippen LogP contribution is 2.40. The Hall–Kier alpha value is -2.95. The zero-order valence-electron chi connectivity index (χ0n) is 15.8. The summed E-state index contributed by atoms with van der Waals surface area (Å²) >= 11 is 0. The van der Waals surface area contributed by atoms with Crippen molar-refractivity contribution in [3.8, 4) is 0 Å². The monoisotopic (exact) mass is 364 g/mol. The van der Waals surface area contributed by atoms with Gasteiger partial charge in [-0.1, -0.05) is 57.2 Å². The molecule has 5 nitrogen and oxygen atoms in total. The Morgan fingerprint density at radius 3 is 2.30 bits per heavy atom. The molecule has 2 aromatic carbocycles. The molecule has 0 saturated carbocycles. The number of ketones is 2. The fourth-order valence-electron chi connectivity index (χ4n) is 3.57. The van der Waals surface area contributed by atoms with Crippen molar-refractivity contribution in [1.29, 1.82) is 0 Å². The first-order valence-corrected chi connectivity index (χ1v) is 9.22. The van der Waals surface area contributed by atoms with E-state index in [-0.39, 0.29) is 29.1 Å². The molecule has 0 aromatic heterocycles. The van der Waals surface area contributed by atoms with Crippen molar-refractivity contribution in [2.24, 2.45) is 0 Å². The van der Waals surface area contributed by atoms with Gasteiger partial charge in [0, 0.05) is 17.7 Å². The average molecular weight is 364 g/mol. The van der Waals surface area contributed by atoms with Crippen LogP contribution in [0.4, 0.5) is 5.69 Å². The second-order valence-electron chi connectivity index (χ2n) is 7.25. The van der Waals surface area contributed by atoms with Crippen molar-refractivity contribution in [2.45, 2.75) is 45.1 Å². The van der Waals surface area contributed by atoms with Gasteiger partial charge in [0.1, 0.15) is 0 Å². The molecule has 0 heterocycles. The van der Waals surface area contributed by atoms with E-state index in [1.165, 1.54) is 0 Å². The van der Waals surface area contributed by atoms with E-state index in [1.54, 1.807) is 30.3 Å². The van der Waals surface area contributed by atoms with Gasteiger partial charge in [0.2, 0.25) is 17.5 Å². The van der Waals surface area contributed by atoms with Gasteiger partial charge in [0.25, 0.3) is 0 Å². The molecule has 0 aliphatic heterocycles. The third-order valence-corrected chi connectivity index (χ3v) is 5.06. The Morgan fingerprint density at radius 1 is 1.07 bits per heavy atom. The van der Waals surface area contributed by atoms with E-state index >= 15 is 0 Å². The molecule has 0 bridgehead atoms. The van der Waals surface area contributed by atoms with Gasteiger partial charge in [-0.3, -0.25) is 14.4 Å². The molecule has 2 aromatic rings. The lowest BCUT2D eigenvalue weighted by Gasteiger charge is -2.28. The van der Waals surface area contributed by atoms with E-state index in [0.29, 0.717) is 17.9 Å². The molecule has 1 atom stereocenters. The van der Waals surface area contributed by atoms with Gasteiger partial charge in [-0.2, -0.15) is 0 Å². The van der Waals surface area contributed by atoms with Gasteiger partial charge in [-0.15, -0.1) is 0 Å². The molecule has 1 aliphatic rings. The molecule has 3 rings (SSSR count). The predicted octanol–water partition coefficient (Wildman–Crippen LogP) is 3.58. The topological polar surface area (TPSA) is 89.3 Å². The van der Waals surface area contributed by atoms with Crippen molar-refractivity contribution >= 4 is 23.2 Å². The summed E-state index contributed by atoms with van der Waals surface area (Å²) in [5, 5.41) is 2.74. The highest BCUT2D eigenvalue weighted by molar-refractivity contribution is 6.35. The lowest BCUT2D eigenvalue weighted by molar-refractivity contribution is -0.122. The van der Waals surface area contributed by atoms with Crippen LogP contribution in [-0.2, 0) is 10.3 Å². The number of hydrogen-bond acceptors (Lipinski definition) is 4. The molecule has 0 spiro atoms. The Balaban J connectivity index is 2.18. The molecule has 27 heavy (non-hydrogen) atoms. The number of benzene rings is 2. The molecule has 1 aliphatic carbocycles. The summed E-state index contributed by atoms with van der Waals surface area (Å²) in [6.07, 6.45) is 0.851. The molecular formula is C22H24N2O3. The number of rotatable bonds is 5. The zero-order chi connectivity index (χ0) is 19.8. The maximum absolute atomic E-state index is 13.4. The van der Waals surface area contributed by atoms with Crippen LogP contribution < -0.4 is 11.1 Å². The van der Waals surface area contributed by atoms with Crippen LogP contribution in [0, 0.1) is 0 Å². The molecule has 140 valence electrons. The van der Waals surface area contributed by atoms with Crippen LogP contribution in [0.15, 0.2) is 42.5 Å². The SMILES string of the molecule is CCCC(=O)NC1(c2ccc(C(C)C)cc2)C(=O)c2cccc(N)c2C1=O. The van der Waals surface area contributed by atoms with Crippen LogP contribution in [0.3, 0.4) is 0 Å². The summed E-state index contributed by atoms with van der Waals surface area (Å²) in [5.41, 5.74) is 6.48. The summed E-state index contributed by atoms with van der Waals surface area (Å²) in [6.45, 7) is 6.00. The van der Waals surface area contributed by atoms with Crippen molar-refractivity contribution in [1.82, 2.24) is 5.32 Å². The van der Waals surface area contributed by atoms with Crippen LogP contribution in [0.5, 0.6) is 0 Å². The number of Topliss-reactive ketones (excluding diaryl/α,β-unsaturated/α-hetero) is 2. The molecule has 1 unspecified atom stereocenters. The quantitative estimate of drug-likeness (QED) is 0.627. The second-order valence-corrected chi connectivity index (χ2v) is 7.25. The average Bonchev–Trinajstić information content (AvgIpc) is 2.85.